The zero-order valence-electron chi connectivity index (χ0n) is 14.1. The van der Waals surface area contributed by atoms with Gasteiger partial charge in [0.25, 0.3) is 5.91 Å². The van der Waals surface area contributed by atoms with E-state index in [2.05, 4.69) is 10.6 Å². The van der Waals surface area contributed by atoms with Crippen molar-refractivity contribution in [1.29, 1.82) is 5.26 Å². The molecule has 1 atom stereocenters. The monoisotopic (exact) mass is 381 g/mol. The van der Waals surface area contributed by atoms with E-state index in [0.29, 0.717) is 11.3 Å². The van der Waals surface area contributed by atoms with Crippen LogP contribution in [0.2, 0.25) is 0 Å². The molecule has 2 aromatic carbocycles. The van der Waals surface area contributed by atoms with Crippen molar-refractivity contribution >= 4 is 40.9 Å². The summed E-state index contributed by atoms with van der Waals surface area (Å²) in [6, 6.07) is 15.6. The number of hydrogen-bond donors (Lipinski definition) is 2. The standard InChI is InChI=1S/C19H15N3O4S/c20-10-12-5-7-13(8-6-12)21-17(23)11-26-18(24)9-16-19(25)22-14-3-1-2-4-15(14)27-16/h1-8,16H,9,11H2,(H,21,23)(H,22,25)/t16-/m0/s1. The van der Waals surface area contributed by atoms with E-state index in [1.165, 1.54) is 11.8 Å². The molecule has 3 rings (SSSR count). The van der Waals surface area contributed by atoms with Gasteiger partial charge in [-0.25, -0.2) is 0 Å². The van der Waals surface area contributed by atoms with E-state index < -0.39 is 23.7 Å². The average Bonchev–Trinajstić information content (AvgIpc) is 2.67. The molecule has 2 amide bonds. The molecule has 0 aliphatic carbocycles. The summed E-state index contributed by atoms with van der Waals surface area (Å²) in [6.45, 7) is -0.450. The number of amides is 2. The fourth-order valence-electron chi connectivity index (χ4n) is 2.41. The van der Waals surface area contributed by atoms with Crippen molar-refractivity contribution in [3.8, 4) is 6.07 Å². The van der Waals surface area contributed by atoms with Crippen molar-refractivity contribution in [2.75, 3.05) is 17.2 Å². The quantitative estimate of drug-likeness (QED) is 0.771. The summed E-state index contributed by atoms with van der Waals surface area (Å²) in [5.74, 6) is -1.39. The average molecular weight is 381 g/mol. The minimum atomic E-state index is -0.628. The molecule has 1 aliphatic heterocycles. The molecule has 2 aromatic rings. The summed E-state index contributed by atoms with van der Waals surface area (Å²) in [7, 11) is 0. The van der Waals surface area contributed by atoms with Crippen LogP contribution >= 0.6 is 11.8 Å². The maximum Gasteiger partial charge on any atom is 0.307 e. The summed E-state index contributed by atoms with van der Waals surface area (Å²) in [5.41, 5.74) is 1.69. The summed E-state index contributed by atoms with van der Waals surface area (Å²) < 4.78 is 4.96. The molecule has 7 nitrogen and oxygen atoms in total. The third-order valence-corrected chi connectivity index (χ3v) is 5.00. The molecule has 136 valence electrons. The van der Waals surface area contributed by atoms with Gasteiger partial charge in [-0.3, -0.25) is 14.4 Å². The highest BCUT2D eigenvalue weighted by Gasteiger charge is 2.29. The van der Waals surface area contributed by atoms with Crippen LogP contribution in [-0.2, 0) is 19.1 Å². The van der Waals surface area contributed by atoms with Crippen LogP contribution < -0.4 is 10.6 Å². The maximum absolute atomic E-state index is 12.1. The lowest BCUT2D eigenvalue weighted by Crippen LogP contribution is -2.32. The molecule has 0 saturated carbocycles. The van der Waals surface area contributed by atoms with Gasteiger partial charge in [-0.1, -0.05) is 12.1 Å². The molecule has 0 unspecified atom stereocenters. The Morgan fingerprint density at radius 3 is 2.67 bits per heavy atom. The van der Waals surface area contributed by atoms with Crippen LogP contribution in [-0.4, -0.2) is 29.6 Å². The number of para-hydroxylation sites is 1. The molecule has 0 aromatic heterocycles. The van der Waals surface area contributed by atoms with Gasteiger partial charge in [0.2, 0.25) is 5.91 Å². The minimum absolute atomic E-state index is 0.130. The van der Waals surface area contributed by atoms with Crippen LogP contribution in [0, 0.1) is 11.3 Å². The fourth-order valence-corrected chi connectivity index (χ4v) is 3.50. The SMILES string of the molecule is N#Cc1ccc(NC(=O)COC(=O)C[C@@H]2Sc3ccccc3NC2=O)cc1. The summed E-state index contributed by atoms with van der Waals surface area (Å²) in [4.78, 5) is 36.8. The zero-order valence-corrected chi connectivity index (χ0v) is 14.9. The van der Waals surface area contributed by atoms with Gasteiger partial charge in [-0.15, -0.1) is 11.8 Å². The fraction of sp³-hybridized carbons (Fsp3) is 0.158. The first-order chi connectivity index (χ1) is 13.0. The van der Waals surface area contributed by atoms with E-state index >= 15 is 0 Å². The van der Waals surface area contributed by atoms with Crippen LogP contribution in [0.5, 0.6) is 0 Å². The molecule has 0 fully saturated rings. The van der Waals surface area contributed by atoms with Crippen LogP contribution in [0.1, 0.15) is 12.0 Å². The van der Waals surface area contributed by atoms with Crippen LogP contribution in [0.25, 0.3) is 0 Å². The summed E-state index contributed by atoms with van der Waals surface area (Å²) in [6.07, 6.45) is -0.130. The number of benzene rings is 2. The second-order valence-electron chi connectivity index (χ2n) is 5.69. The van der Waals surface area contributed by atoms with E-state index in [0.717, 1.165) is 10.6 Å². The number of nitriles is 1. The molecule has 1 heterocycles. The van der Waals surface area contributed by atoms with E-state index in [1.807, 2.05) is 24.3 Å². The second kappa shape index (κ2) is 8.38. The van der Waals surface area contributed by atoms with Crippen molar-refractivity contribution in [3.63, 3.8) is 0 Å². The first-order valence-electron chi connectivity index (χ1n) is 8.07. The normalized spacial score (nSPS) is 15.1. The number of hydrogen-bond acceptors (Lipinski definition) is 6. The predicted octanol–water partition coefficient (Wildman–Crippen LogP) is 2.54. The number of carbonyl (C=O) groups is 3. The Bertz CT molecular complexity index is 921. The molecule has 2 N–H and O–H groups in total. The number of esters is 1. The Kier molecular flexibility index (Phi) is 5.74. The molecule has 1 aliphatic rings. The van der Waals surface area contributed by atoms with Gasteiger partial charge >= 0.3 is 5.97 Å². The van der Waals surface area contributed by atoms with Gasteiger partial charge in [-0.2, -0.15) is 5.26 Å². The number of ether oxygens (including phenoxy) is 1. The number of fused-ring (bicyclic) bond motifs is 1. The van der Waals surface area contributed by atoms with Crippen LogP contribution in [0.15, 0.2) is 53.4 Å². The van der Waals surface area contributed by atoms with Gasteiger partial charge in [0.15, 0.2) is 6.61 Å². The lowest BCUT2D eigenvalue weighted by molar-refractivity contribution is -0.147. The number of nitrogens with zero attached hydrogens (tertiary/aromatic N) is 1. The van der Waals surface area contributed by atoms with Crippen molar-refractivity contribution < 1.29 is 19.1 Å². The molecule has 0 radical (unpaired) electrons. The molecular formula is C19H15N3O4S. The van der Waals surface area contributed by atoms with Gasteiger partial charge in [0.1, 0.15) is 0 Å². The number of thioether (sulfide) groups is 1. The van der Waals surface area contributed by atoms with Gasteiger partial charge in [0, 0.05) is 10.6 Å². The lowest BCUT2D eigenvalue weighted by atomic mass is 10.2. The third-order valence-electron chi connectivity index (χ3n) is 3.72. The highest BCUT2D eigenvalue weighted by Crippen LogP contribution is 2.36. The number of carbonyl (C=O) groups excluding carboxylic acids is 3. The Morgan fingerprint density at radius 2 is 1.93 bits per heavy atom. The second-order valence-corrected chi connectivity index (χ2v) is 6.94. The Morgan fingerprint density at radius 1 is 1.19 bits per heavy atom. The number of nitrogens with one attached hydrogen (secondary N) is 2. The third kappa shape index (κ3) is 4.86. The maximum atomic E-state index is 12.1. The van der Waals surface area contributed by atoms with E-state index in [9.17, 15) is 14.4 Å². The van der Waals surface area contributed by atoms with E-state index in [-0.39, 0.29) is 12.3 Å². The number of anilines is 2. The largest absolute Gasteiger partial charge is 0.456 e. The Balaban J connectivity index is 1.47. The van der Waals surface area contributed by atoms with Gasteiger partial charge in [0.05, 0.1) is 29.0 Å². The summed E-state index contributed by atoms with van der Waals surface area (Å²) >= 11 is 1.29. The van der Waals surface area contributed by atoms with Gasteiger partial charge < -0.3 is 15.4 Å². The zero-order chi connectivity index (χ0) is 19.2. The smallest absolute Gasteiger partial charge is 0.307 e. The topological polar surface area (TPSA) is 108 Å². The first-order valence-corrected chi connectivity index (χ1v) is 8.95. The molecular weight excluding hydrogens is 366 g/mol. The molecule has 0 saturated heterocycles. The lowest BCUT2D eigenvalue weighted by Gasteiger charge is -2.23. The molecule has 0 spiro atoms. The van der Waals surface area contributed by atoms with Crippen molar-refractivity contribution in [2.45, 2.75) is 16.6 Å². The van der Waals surface area contributed by atoms with E-state index in [1.54, 1.807) is 30.3 Å². The Hall–Kier alpha value is -3.31. The highest BCUT2D eigenvalue weighted by molar-refractivity contribution is 8.01. The highest BCUT2D eigenvalue weighted by atomic mass is 32.2. The van der Waals surface area contributed by atoms with Crippen molar-refractivity contribution in [2.24, 2.45) is 0 Å². The molecule has 8 heteroatoms. The van der Waals surface area contributed by atoms with Crippen LogP contribution in [0.4, 0.5) is 11.4 Å². The van der Waals surface area contributed by atoms with Crippen molar-refractivity contribution in [3.05, 3.63) is 54.1 Å². The van der Waals surface area contributed by atoms with E-state index in [4.69, 9.17) is 10.00 Å². The van der Waals surface area contributed by atoms with Gasteiger partial charge in [-0.05, 0) is 36.4 Å². The summed E-state index contributed by atoms with van der Waals surface area (Å²) in [5, 5.41) is 13.5. The molecule has 0 bridgehead atoms. The number of rotatable bonds is 5. The predicted molar refractivity (Wildman–Crippen MR) is 100 cm³/mol. The Labute approximate surface area is 159 Å². The molecule has 27 heavy (non-hydrogen) atoms. The minimum Gasteiger partial charge on any atom is -0.456 e. The van der Waals surface area contributed by atoms with Crippen molar-refractivity contribution in [1.82, 2.24) is 0 Å². The van der Waals surface area contributed by atoms with Crippen LogP contribution in [0.3, 0.4) is 0 Å². The first kappa shape index (κ1) is 18.5.